The van der Waals surface area contributed by atoms with Crippen molar-refractivity contribution in [1.29, 1.82) is 0 Å². The largest absolute Gasteiger partial charge is 0.264 e. The first kappa shape index (κ1) is 12.1. The van der Waals surface area contributed by atoms with Gasteiger partial charge in [0.15, 0.2) is 0 Å². The first-order valence-corrected chi connectivity index (χ1v) is 6.36. The van der Waals surface area contributed by atoms with E-state index in [2.05, 4.69) is 33.7 Å². The normalized spacial score (nSPS) is 10.8. The second-order valence-corrected chi connectivity index (χ2v) is 4.29. The van der Waals surface area contributed by atoms with E-state index in [4.69, 9.17) is 0 Å². The summed E-state index contributed by atoms with van der Waals surface area (Å²) in [6.45, 7) is 0. The summed E-state index contributed by atoms with van der Waals surface area (Å²) in [6, 6.07) is 18.1. The molecule has 0 fully saturated rings. The van der Waals surface area contributed by atoms with Gasteiger partial charge in [0.05, 0.1) is 5.69 Å². The van der Waals surface area contributed by atoms with Crippen molar-refractivity contribution in [2.24, 2.45) is 4.99 Å². The van der Waals surface area contributed by atoms with Crippen LogP contribution in [0.25, 0.3) is 16.8 Å². The van der Waals surface area contributed by atoms with Crippen molar-refractivity contribution in [3.63, 3.8) is 0 Å². The summed E-state index contributed by atoms with van der Waals surface area (Å²) in [5, 5.41) is 2.45. The first-order valence-electron chi connectivity index (χ1n) is 6.36. The van der Waals surface area contributed by atoms with Crippen LogP contribution in [0, 0.1) is 0 Å². The molecule has 0 spiro atoms. The van der Waals surface area contributed by atoms with Gasteiger partial charge in [0, 0.05) is 23.8 Å². The topological polar surface area (TPSA) is 25.2 Å². The number of aliphatic imine (C=N–C) groups is 1. The van der Waals surface area contributed by atoms with Crippen LogP contribution >= 0.6 is 0 Å². The molecular formula is C18H12N2. The molecule has 2 aromatic carbocycles. The molecule has 0 saturated carbocycles. The van der Waals surface area contributed by atoms with Crippen LogP contribution in [0.4, 0.5) is 5.69 Å². The number of hydrogen-bond donors (Lipinski definition) is 0. The average molecular weight is 256 g/mol. The van der Waals surface area contributed by atoms with Crippen molar-refractivity contribution in [1.82, 2.24) is 4.98 Å². The summed E-state index contributed by atoms with van der Waals surface area (Å²) in [4.78, 5) is 8.01. The van der Waals surface area contributed by atoms with Crippen LogP contribution in [-0.2, 0) is 0 Å². The van der Waals surface area contributed by atoms with Gasteiger partial charge in [-0.2, -0.15) is 4.99 Å². The van der Waals surface area contributed by atoms with E-state index in [0.29, 0.717) is 0 Å². The van der Waals surface area contributed by atoms with Gasteiger partial charge in [-0.1, -0.05) is 42.5 Å². The second-order valence-electron chi connectivity index (χ2n) is 4.29. The van der Waals surface area contributed by atoms with Gasteiger partial charge in [-0.3, -0.25) is 4.98 Å². The lowest BCUT2D eigenvalue weighted by Crippen LogP contribution is -1.74. The number of para-hydroxylation sites is 1. The SMILES string of the molecule is C1=C=Nc2ccccc2C=1.c1ccc2cnccc2c1. The van der Waals surface area contributed by atoms with Crippen molar-refractivity contribution >= 4 is 28.4 Å². The molecule has 94 valence electrons. The zero-order chi connectivity index (χ0) is 13.6. The molecule has 2 heterocycles. The molecule has 0 saturated heterocycles. The highest BCUT2D eigenvalue weighted by Crippen LogP contribution is 2.19. The third-order valence-electron chi connectivity index (χ3n) is 2.96. The minimum Gasteiger partial charge on any atom is -0.264 e. The number of aromatic nitrogens is 1. The van der Waals surface area contributed by atoms with E-state index in [9.17, 15) is 0 Å². The predicted molar refractivity (Wildman–Crippen MR) is 83.3 cm³/mol. The van der Waals surface area contributed by atoms with Crippen LogP contribution in [0.5, 0.6) is 0 Å². The van der Waals surface area contributed by atoms with Crippen LogP contribution in [0.15, 0.2) is 77.7 Å². The molecule has 0 unspecified atom stereocenters. The minimum atomic E-state index is 0.973. The zero-order valence-electron chi connectivity index (χ0n) is 10.8. The van der Waals surface area contributed by atoms with Crippen molar-refractivity contribution in [3.05, 3.63) is 78.3 Å². The van der Waals surface area contributed by atoms with Gasteiger partial charge < -0.3 is 0 Å². The Kier molecular flexibility index (Phi) is 3.53. The monoisotopic (exact) mass is 256 g/mol. The van der Waals surface area contributed by atoms with Gasteiger partial charge >= 0.3 is 0 Å². The number of rotatable bonds is 0. The molecule has 1 aliphatic rings. The highest BCUT2D eigenvalue weighted by Gasteiger charge is 1.95. The molecule has 0 aliphatic carbocycles. The van der Waals surface area contributed by atoms with E-state index < -0.39 is 0 Å². The molecule has 0 amide bonds. The number of hydrogen-bond acceptors (Lipinski definition) is 2. The third kappa shape index (κ3) is 2.73. The van der Waals surface area contributed by atoms with Crippen LogP contribution in [0.1, 0.15) is 5.56 Å². The fourth-order valence-corrected chi connectivity index (χ4v) is 1.94. The zero-order valence-corrected chi connectivity index (χ0v) is 10.8. The van der Waals surface area contributed by atoms with Gasteiger partial charge in [-0.15, -0.1) is 0 Å². The van der Waals surface area contributed by atoms with Crippen LogP contribution < -0.4 is 0 Å². The van der Waals surface area contributed by atoms with E-state index in [0.717, 1.165) is 11.3 Å². The molecule has 20 heavy (non-hydrogen) atoms. The molecule has 0 bridgehead atoms. The predicted octanol–water partition coefficient (Wildman–Crippen LogP) is 4.40. The maximum absolute atomic E-state index is 4.01. The maximum atomic E-state index is 4.01. The highest BCUT2D eigenvalue weighted by molar-refractivity contribution is 5.81. The molecule has 2 heteroatoms. The Morgan fingerprint density at radius 2 is 1.60 bits per heavy atom. The molecule has 0 radical (unpaired) electrons. The van der Waals surface area contributed by atoms with Gasteiger partial charge in [-0.05, 0) is 34.7 Å². The number of pyridine rings is 1. The standard InChI is InChI=1S/C9H5N.C9H7N/c1-2-6-9-8(4-1)5-3-7-10-9;1-2-4-9-7-10-6-5-8(9)3-1/h1-2,4-6H;1-7H. The lowest BCUT2D eigenvalue weighted by atomic mass is 10.1. The Balaban J connectivity index is 0.000000121. The fraction of sp³-hybridized carbons (Fsp3) is 0. The Bertz CT molecular complexity index is 736. The molecule has 4 rings (SSSR count). The van der Waals surface area contributed by atoms with Crippen molar-refractivity contribution in [2.45, 2.75) is 0 Å². The van der Waals surface area contributed by atoms with E-state index in [1.165, 1.54) is 10.8 Å². The Morgan fingerprint density at radius 3 is 2.45 bits per heavy atom. The molecule has 1 aliphatic heterocycles. The maximum Gasteiger partial charge on any atom is 0.0815 e. The highest BCUT2D eigenvalue weighted by atomic mass is 14.7. The van der Waals surface area contributed by atoms with Crippen LogP contribution in [0.2, 0.25) is 0 Å². The third-order valence-corrected chi connectivity index (χ3v) is 2.96. The Hall–Kier alpha value is -2.92. The smallest absolute Gasteiger partial charge is 0.0815 e. The Labute approximate surface area is 117 Å². The van der Waals surface area contributed by atoms with Gasteiger partial charge in [0.25, 0.3) is 0 Å². The minimum absolute atomic E-state index is 0.973. The lowest BCUT2D eigenvalue weighted by Gasteiger charge is -1.96. The molecule has 2 nitrogen and oxygen atoms in total. The van der Waals surface area contributed by atoms with Gasteiger partial charge in [0.1, 0.15) is 0 Å². The molecule has 1 aromatic heterocycles. The van der Waals surface area contributed by atoms with Crippen molar-refractivity contribution in [3.8, 4) is 0 Å². The summed E-state index contributed by atoms with van der Waals surface area (Å²) >= 11 is 0. The van der Waals surface area contributed by atoms with E-state index >= 15 is 0 Å². The van der Waals surface area contributed by atoms with E-state index in [1.807, 2.05) is 60.9 Å². The summed E-state index contributed by atoms with van der Waals surface area (Å²) in [5.74, 6) is 2.66. The summed E-state index contributed by atoms with van der Waals surface area (Å²) < 4.78 is 0. The molecule has 3 aromatic rings. The van der Waals surface area contributed by atoms with Crippen LogP contribution in [-0.4, -0.2) is 10.9 Å². The summed E-state index contributed by atoms with van der Waals surface area (Å²) in [6.07, 6.45) is 5.56. The quantitative estimate of drug-likeness (QED) is 0.428. The number of fused-ring (bicyclic) bond motifs is 2. The average Bonchev–Trinajstić information content (AvgIpc) is 2.56. The number of benzene rings is 2. The molecular weight excluding hydrogens is 244 g/mol. The number of nitrogens with zero attached hydrogens (tertiary/aromatic N) is 2. The summed E-state index contributed by atoms with van der Waals surface area (Å²) in [5.41, 5.74) is 4.88. The summed E-state index contributed by atoms with van der Waals surface area (Å²) in [7, 11) is 0. The van der Waals surface area contributed by atoms with Crippen molar-refractivity contribution < 1.29 is 0 Å². The van der Waals surface area contributed by atoms with Crippen LogP contribution in [0.3, 0.4) is 0 Å². The van der Waals surface area contributed by atoms with E-state index in [-0.39, 0.29) is 0 Å². The Morgan fingerprint density at radius 1 is 0.800 bits per heavy atom. The van der Waals surface area contributed by atoms with Gasteiger partial charge in [0.2, 0.25) is 0 Å². The fourth-order valence-electron chi connectivity index (χ4n) is 1.94. The van der Waals surface area contributed by atoms with Crippen molar-refractivity contribution in [2.75, 3.05) is 0 Å². The van der Waals surface area contributed by atoms with Gasteiger partial charge in [-0.25, -0.2) is 0 Å². The molecule has 0 atom stereocenters. The lowest BCUT2D eigenvalue weighted by molar-refractivity contribution is 1.36. The first-order chi connectivity index (χ1) is 9.93. The van der Waals surface area contributed by atoms with E-state index in [1.54, 1.807) is 0 Å². The second kappa shape index (κ2) is 5.81. The molecule has 0 N–H and O–H groups in total.